The number of rotatable bonds is 8. The van der Waals surface area contributed by atoms with Crippen LogP contribution < -0.4 is 19.5 Å². The van der Waals surface area contributed by atoms with Gasteiger partial charge in [-0.15, -0.1) is 0 Å². The van der Waals surface area contributed by atoms with E-state index < -0.39 is 10.0 Å². The van der Waals surface area contributed by atoms with Crippen LogP contribution in [0.4, 0.5) is 11.5 Å². The van der Waals surface area contributed by atoms with E-state index in [-0.39, 0.29) is 11.7 Å². The van der Waals surface area contributed by atoms with E-state index in [9.17, 15) is 8.42 Å². The van der Waals surface area contributed by atoms with Gasteiger partial charge < -0.3 is 14.8 Å². The molecule has 0 aliphatic carbocycles. The number of unbranched alkanes of at least 4 members (excludes halogenated alkanes) is 2. The van der Waals surface area contributed by atoms with Crippen LogP contribution in [0.5, 0.6) is 11.5 Å². The monoisotopic (exact) mass is 363 g/mol. The van der Waals surface area contributed by atoms with Crippen LogP contribution in [0, 0.1) is 0 Å². The van der Waals surface area contributed by atoms with Gasteiger partial charge in [-0.25, -0.2) is 13.4 Å². The molecule has 0 fully saturated rings. The Morgan fingerprint density at radius 1 is 1.12 bits per heavy atom. The number of nitrogens with one attached hydrogen (secondary N) is 2. The Labute approximate surface area is 147 Å². The van der Waals surface area contributed by atoms with Crippen LogP contribution in [-0.2, 0) is 10.0 Å². The molecule has 0 unspecified atom stereocenters. The van der Waals surface area contributed by atoms with Gasteiger partial charge in [0.05, 0.1) is 16.8 Å². The predicted molar refractivity (Wildman–Crippen MR) is 95.6 cm³/mol. The first-order valence-corrected chi connectivity index (χ1v) is 9.69. The lowest BCUT2D eigenvalue weighted by Crippen LogP contribution is -2.13. The number of benzene rings is 1. The van der Waals surface area contributed by atoms with Crippen molar-refractivity contribution in [2.45, 2.75) is 31.1 Å². The molecule has 0 bridgehead atoms. The molecule has 8 heteroatoms. The highest BCUT2D eigenvalue weighted by Crippen LogP contribution is 2.34. The number of ether oxygens (including phenoxy) is 2. The molecule has 0 spiro atoms. The van der Waals surface area contributed by atoms with Gasteiger partial charge in [-0.1, -0.05) is 19.8 Å². The highest BCUT2D eigenvalue weighted by Gasteiger charge is 2.20. The Morgan fingerprint density at radius 3 is 2.72 bits per heavy atom. The van der Waals surface area contributed by atoms with Crippen LogP contribution in [0.15, 0.2) is 41.4 Å². The quantitative estimate of drug-likeness (QED) is 0.700. The van der Waals surface area contributed by atoms with Crippen LogP contribution in [0.25, 0.3) is 0 Å². The average molecular weight is 363 g/mol. The molecule has 1 aliphatic rings. The number of anilines is 2. The number of nitrogens with zero attached hydrogens (tertiary/aromatic N) is 1. The summed E-state index contributed by atoms with van der Waals surface area (Å²) >= 11 is 0. The first kappa shape index (κ1) is 17.3. The van der Waals surface area contributed by atoms with E-state index in [2.05, 4.69) is 21.9 Å². The second kappa shape index (κ2) is 7.60. The fraction of sp³-hybridized carbons (Fsp3) is 0.353. The zero-order chi connectivity index (χ0) is 17.7. The Balaban J connectivity index is 1.64. The summed E-state index contributed by atoms with van der Waals surface area (Å²) in [5.74, 6) is 1.69. The summed E-state index contributed by atoms with van der Waals surface area (Å²) < 4.78 is 37.9. The molecule has 25 heavy (non-hydrogen) atoms. The summed E-state index contributed by atoms with van der Waals surface area (Å²) in [6, 6.07) is 7.94. The number of hydrogen-bond acceptors (Lipinski definition) is 6. The van der Waals surface area contributed by atoms with Crippen LogP contribution in [-0.4, -0.2) is 26.7 Å². The molecule has 0 saturated carbocycles. The topological polar surface area (TPSA) is 89.5 Å². The van der Waals surface area contributed by atoms with Crippen molar-refractivity contribution in [1.29, 1.82) is 0 Å². The number of aromatic nitrogens is 1. The third kappa shape index (κ3) is 4.33. The van der Waals surface area contributed by atoms with Gasteiger partial charge in [-0.3, -0.25) is 4.72 Å². The third-order valence-corrected chi connectivity index (χ3v) is 5.14. The van der Waals surface area contributed by atoms with Crippen LogP contribution in [0.3, 0.4) is 0 Å². The minimum absolute atomic E-state index is 0.100. The summed E-state index contributed by atoms with van der Waals surface area (Å²) in [6.45, 7) is 3.10. The number of fused-ring (bicyclic) bond motifs is 1. The number of pyridine rings is 1. The molecule has 1 aliphatic heterocycles. The normalized spacial score (nSPS) is 12.8. The maximum absolute atomic E-state index is 12.5. The lowest BCUT2D eigenvalue weighted by molar-refractivity contribution is 0.174. The molecule has 0 saturated heterocycles. The van der Waals surface area contributed by atoms with E-state index in [0.717, 1.165) is 25.2 Å². The Hall–Kier alpha value is -2.48. The van der Waals surface area contributed by atoms with E-state index >= 15 is 0 Å². The molecule has 134 valence electrons. The molecule has 2 heterocycles. The van der Waals surface area contributed by atoms with Crippen LogP contribution in [0.2, 0.25) is 0 Å². The van der Waals surface area contributed by atoms with Crippen molar-refractivity contribution in [3.05, 3.63) is 36.5 Å². The van der Waals surface area contributed by atoms with Crippen molar-refractivity contribution in [1.82, 2.24) is 4.98 Å². The average Bonchev–Trinajstić information content (AvgIpc) is 3.07. The van der Waals surface area contributed by atoms with Crippen molar-refractivity contribution in [2.24, 2.45) is 0 Å². The molecule has 2 N–H and O–H groups in total. The van der Waals surface area contributed by atoms with Gasteiger partial charge >= 0.3 is 0 Å². The van der Waals surface area contributed by atoms with Gasteiger partial charge in [0.25, 0.3) is 10.0 Å². The highest BCUT2D eigenvalue weighted by molar-refractivity contribution is 7.92. The van der Waals surface area contributed by atoms with Gasteiger partial charge in [0.15, 0.2) is 11.5 Å². The smallest absolute Gasteiger partial charge is 0.262 e. The summed E-state index contributed by atoms with van der Waals surface area (Å²) in [7, 11) is -3.72. The van der Waals surface area contributed by atoms with Gasteiger partial charge in [-0.2, -0.15) is 0 Å². The van der Waals surface area contributed by atoms with E-state index in [1.165, 1.54) is 24.8 Å². The minimum Gasteiger partial charge on any atom is -0.454 e. The van der Waals surface area contributed by atoms with E-state index in [4.69, 9.17) is 9.47 Å². The van der Waals surface area contributed by atoms with E-state index in [0.29, 0.717) is 17.2 Å². The minimum atomic E-state index is -3.72. The number of sulfonamides is 1. The standard InChI is InChI=1S/C17H21N3O4S/c1-2-3-4-9-18-17-8-5-13(11-19-17)20-25(21,22)14-6-7-15-16(10-14)24-12-23-15/h5-8,10-11,20H,2-4,9,12H2,1H3,(H,18,19). The van der Waals surface area contributed by atoms with Crippen molar-refractivity contribution in [3.8, 4) is 11.5 Å². The van der Waals surface area contributed by atoms with Gasteiger partial charge in [0.1, 0.15) is 5.82 Å². The van der Waals surface area contributed by atoms with Gasteiger partial charge in [0, 0.05) is 12.6 Å². The summed E-state index contributed by atoms with van der Waals surface area (Å²) in [4.78, 5) is 4.34. The molecule has 3 rings (SSSR count). The first-order chi connectivity index (χ1) is 12.1. The number of hydrogen-bond donors (Lipinski definition) is 2. The van der Waals surface area contributed by atoms with Gasteiger partial charge in [0.2, 0.25) is 6.79 Å². The Bertz CT molecular complexity index is 822. The zero-order valence-corrected chi connectivity index (χ0v) is 14.8. The molecule has 0 atom stereocenters. The Morgan fingerprint density at radius 2 is 1.96 bits per heavy atom. The van der Waals surface area contributed by atoms with Gasteiger partial charge in [-0.05, 0) is 30.7 Å². The predicted octanol–water partition coefficient (Wildman–Crippen LogP) is 3.21. The van der Waals surface area contributed by atoms with Crippen molar-refractivity contribution >= 4 is 21.5 Å². The molecular weight excluding hydrogens is 342 g/mol. The highest BCUT2D eigenvalue weighted by atomic mass is 32.2. The van der Waals surface area contributed by atoms with Crippen LogP contribution in [0.1, 0.15) is 26.2 Å². The SMILES string of the molecule is CCCCCNc1ccc(NS(=O)(=O)c2ccc3c(c2)OCO3)cn1. The maximum atomic E-state index is 12.5. The van der Waals surface area contributed by atoms with E-state index in [1.807, 2.05) is 0 Å². The first-order valence-electron chi connectivity index (χ1n) is 8.21. The zero-order valence-electron chi connectivity index (χ0n) is 14.0. The fourth-order valence-electron chi connectivity index (χ4n) is 2.41. The lowest BCUT2D eigenvalue weighted by Gasteiger charge is -2.10. The maximum Gasteiger partial charge on any atom is 0.262 e. The van der Waals surface area contributed by atoms with Crippen LogP contribution >= 0.6 is 0 Å². The molecule has 0 amide bonds. The van der Waals surface area contributed by atoms with E-state index in [1.54, 1.807) is 18.2 Å². The molecular formula is C17H21N3O4S. The van der Waals surface area contributed by atoms with Crippen molar-refractivity contribution in [2.75, 3.05) is 23.4 Å². The second-order valence-corrected chi connectivity index (χ2v) is 7.37. The summed E-state index contributed by atoms with van der Waals surface area (Å²) in [5, 5.41) is 3.21. The summed E-state index contributed by atoms with van der Waals surface area (Å²) in [6.07, 6.45) is 4.90. The molecule has 1 aromatic carbocycles. The largest absolute Gasteiger partial charge is 0.454 e. The summed E-state index contributed by atoms with van der Waals surface area (Å²) in [5.41, 5.74) is 0.400. The van der Waals surface area contributed by atoms with Crippen molar-refractivity contribution < 1.29 is 17.9 Å². The molecule has 7 nitrogen and oxygen atoms in total. The lowest BCUT2D eigenvalue weighted by atomic mass is 10.2. The molecule has 1 aromatic heterocycles. The van der Waals surface area contributed by atoms with Crippen molar-refractivity contribution in [3.63, 3.8) is 0 Å². The second-order valence-electron chi connectivity index (χ2n) is 5.69. The fourth-order valence-corrected chi connectivity index (χ4v) is 3.47. The Kier molecular flexibility index (Phi) is 5.28. The molecule has 2 aromatic rings. The molecule has 0 radical (unpaired) electrons. The third-order valence-electron chi connectivity index (χ3n) is 3.76.